The Morgan fingerprint density at radius 2 is 1.86 bits per heavy atom. The fourth-order valence-electron chi connectivity index (χ4n) is 3.47. The van der Waals surface area contributed by atoms with Gasteiger partial charge in [0.05, 0.1) is 10.7 Å². The third-order valence-electron chi connectivity index (χ3n) is 4.75. The van der Waals surface area contributed by atoms with Crippen LogP contribution in [0.5, 0.6) is 0 Å². The molecule has 2 fully saturated rings. The van der Waals surface area contributed by atoms with E-state index in [1.54, 1.807) is 0 Å². The Bertz CT molecular complexity index is 465. The molecule has 3 heterocycles. The van der Waals surface area contributed by atoms with E-state index in [1.807, 2.05) is 12.1 Å². The summed E-state index contributed by atoms with van der Waals surface area (Å²) in [4.78, 5) is 9.60. The molecule has 0 aliphatic carbocycles. The first-order valence-electron chi connectivity index (χ1n) is 8.09. The lowest BCUT2D eigenvalue weighted by Crippen LogP contribution is -2.38. The lowest BCUT2D eigenvalue weighted by Gasteiger charge is -2.34. The van der Waals surface area contributed by atoms with Gasteiger partial charge >= 0.3 is 0 Å². The van der Waals surface area contributed by atoms with Crippen molar-refractivity contribution in [1.29, 1.82) is 0 Å². The third kappa shape index (κ3) is 3.68. The fourth-order valence-corrected chi connectivity index (χ4v) is 3.65. The van der Waals surface area contributed by atoms with Crippen LogP contribution in [-0.4, -0.2) is 42.6 Å². The zero-order chi connectivity index (χ0) is 14.7. The van der Waals surface area contributed by atoms with Gasteiger partial charge in [0.25, 0.3) is 0 Å². The van der Waals surface area contributed by atoms with Crippen LogP contribution in [0.1, 0.15) is 31.4 Å². The number of nitrogens with zero attached hydrogens (tertiary/aromatic N) is 3. The average Bonchev–Trinajstić information content (AvgIpc) is 3.02. The number of nitrogens with two attached hydrogens (primary N) is 1. The van der Waals surface area contributed by atoms with Crippen molar-refractivity contribution in [1.82, 2.24) is 9.88 Å². The number of hydrogen-bond acceptors (Lipinski definition) is 4. The summed E-state index contributed by atoms with van der Waals surface area (Å²) in [7, 11) is 0. The first-order chi connectivity index (χ1) is 10.3. The Balaban J connectivity index is 1.55. The van der Waals surface area contributed by atoms with Gasteiger partial charge in [-0.05, 0) is 56.8 Å². The average molecular weight is 309 g/mol. The maximum atomic E-state index is 6.09. The number of pyridine rings is 1. The van der Waals surface area contributed by atoms with E-state index in [0.717, 1.165) is 30.5 Å². The van der Waals surface area contributed by atoms with Crippen LogP contribution in [0.2, 0.25) is 5.02 Å². The van der Waals surface area contributed by atoms with Crippen LogP contribution in [0, 0.1) is 5.92 Å². The molecule has 116 valence electrons. The molecular weight excluding hydrogens is 284 g/mol. The van der Waals surface area contributed by atoms with Crippen LogP contribution < -0.4 is 10.6 Å². The molecule has 1 aromatic heterocycles. The maximum absolute atomic E-state index is 6.09. The molecule has 0 unspecified atom stereocenters. The van der Waals surface area contributed by atoms with Crippen molar-refractivity contribution in [3.63, 3.8) is 0 Å². The topological polar surface area (TPSA) is 45.4 Å². The molecule has 0 saturated carbocycles. The number of halogens is 1. The highest BCUT2D eigenvalue weighted by atomic mass is 35.5. The monoisotopic (exact) mass is 308 g/mol. The van der Waals surface area contributed by atoms with E-state index >= 15 is 0 Å². The second-order valence-electron chi connectivity index (χ2n) is 6.24. The lowest BCUT2D eigenvalue weighted by molar-refractivity contribution is 0.249. The van der Waals surface area contributed by atoms with Crippen LogP contribution in [0.15, 0.2) is 12.1 Å². The SMILES string of the molecule is NCc1nc(N2CCC(CN3CCCC3)CC2)ccc1Cl. The molecule has 2 saturated heterocycles. The zero-order valence-corrected chi connectivity index (χ0v) is 13.4. The Hall–Kier alpha value is -0.840. The second-order valence-corrected chi connectivity index (χ2v) is 6.65. The lowest BCUT2D eigenvalue weighted by atomic mass is 9.96. The van der Waals surface area contributed by atoms with Crippen LogP contribution in [0.25, 0.3) is 0 Å². The molecule has 0 spiro atoms. The normalized spacial score (nSPS) is 21.1. The van der Waals surface area contributed by atoms with Gasteiger partial charge in [-0.2, -0.15) is 0 Å². The van der Waals surface area contributed by atoms with E-state index in [9.17, 15) is 0 Å². The summed E-state index contributed by atoms with van der Waals surface area (Å²) >= 11 is 6.09. The van der Waals surface area contributed by atoms with Gasteiger partial charge in [0.15, 0.2) is 0 Å². The molecule has 21 heavy (non-hydrogen) atoms. The molecule has 0 aromatic carbocycles. The molecule has 3 rings (SSSR count). The zero-order valence-electron chi connectivity index (χ0n) is 12.6. The molecule has 2 aliphatic rings. The molecule has 0 radical (unpaired) electrons. The minimum atomic E-state index is 0.401. The van der Waals surface area contributed by atoms with Gasteiger partial charge in [-0.3, -0.25) is 0 Å². The van der Waals surface area contributed by atoms with Gasteiger partial charge < -0.3 is 15.5 Å². The summed E-state index contributed by atoms with van der Waals surface area (Å²) in [5, 5.41) is 0.671. The summed E-state index contributed by atoms with van der Waals surface area (Å²) in [5.41, 5.74) is 6.49. The minimum absolute atomic E-state index is 0.401. The van der Waals surface area contributed by atoms with Gasteiger partial charge in [0, 0.05) is 26.2 Å². The molecular formula is C16H25ClN4. The number of piperidine rings is 1. The molecule has 2 aliphatic heterocycles. The minimum Gasteiger partial charge on any atom is -0.357 e. The van der Waals surface area contributed by atoms with Gasteiger partial charge in [0.2, 0.25) is 0 Å². The van der Waals surface area contributed by atoms with E-state index in [-0.39, 0.29) is 0 Å². The largest absolute Gasteiger partial charge is 0.357 e. The van der Waals surface area contributed by atoms with Crippen LogP contribution in [-0.2, 0) is 6.54 Å². The van der Waals surface area contributed by atoms with Crippen molar-refractivity contribution in [2.75, 3.05) is 37.6 Å². The van der Waals surface area contributed by atoms with E-state index in [4.69, 9.17) is 17.3 Å². The van der Waals surface area contributed by atoms with Crippen molar-refractivity contribution in [3.8, 4) is 0 Å². The summed E-state index contributed by atoms with van der Waals surface area (Å²) in [6.07, 6.45) is 5.29. The van der Waals surface area contributed by atoms with Crippen molar-refractivity contribution >= 4 is 17.4 Å². The van der Waals surface area contributed by atoms with Crippen LogP contribution in [0.4, 0.5) is 5.82 Å². The number of aromatic nitrogens is 1. The van der Waals surface area contributed by atoms with Gasteiger partial charge in [-0.25, -0.2) is 4.98 Å². The van der Waals surface area contributed by atoms with Gasteiger partial charge in [0.1, 0.15) is 5.82 Å². The first-order valence-corrected chi connectivity index (χ1v) is 8.47. The van der Waals surface area contributed by atoms with Crippen LogP contribution in [0.3, 0.4) is 0 Å². The van der Waals surface area contributed by atoms with Crippen molar-refractivity contribution in [3.05, 3.63) is 22.8 Å². The standard InChI is InChI=1S/C16H25ClN4/c17-14-3-4-16(19-15(14)11-18)21-9-5-13(6-10-21)12-20-7-1-2-8-20/h3-4,13H,1-2,5-12,18H2. The van der Waals surface area contributed by atoms with E-state index in [0.29, 0.717) is 11.6 Å². The van der Waals surface area contributed by atoms with E-state index in [2.05, 4.69) is 14.8 Å². The Kier molecular flexibility index (Phi) is 4.99. The fraction of sp³-hybridized carbons (Fsp3) is 0.688. The summed E-state index contributed by atoms with van der Waals surface area (Å²) in [6.45, 7) is 6.49. The predicted octanol–water partition coefficient (Wildman–Crippen LogP) is 2.51. The molecule has 0 bridgehead atoms. The van der Waals surface area contributed by atoms with Gasteiger partial charge in [-0.15, -0.1) is 0 Å². The highest BCUT2D eigenvalue weighted by molar-refractivity contribution is 6.31. The number of hydrogen-bond donors (Lipinski definition) is 1. The maximum Gasteiger partial charge on any atom is 0.128 e. The van der Waals surface area contributed by atoms with E-state index in [1.165, 1.54) is 45.3 Å². The Morgan fingerprint density at radius 1 is 1.14 bits per heavy atom. The Labute approximate surface area is 132 Å². The molecule has 0 amide bonds. The molecule has 2 N–H and O–H groups in total. The molecule has 5 heteroatoms. The molecule has 4 nitrogen and oxygen atoms in total. The van der Waals surface area contributed by atoms with Crippen molar-refractivity contribution in [2.45, 2.75) is 32.2 Å². The van der Waals surface area contributed by atoms with Gasteiger partial charge in [-0.1, -0.05) is 11.6 Å². The quantitative estimate of drug-likeness (QED) is 0.928. The summed E-state index contributed by atoms with van der Waals surface area (Å²) in [6, 6.07) is 3.94. The van der Waals surface area contributed by atoms with Crippen molar-refractivity contribution in [2.24, 2.45) is 11.7 Å². The highest BCUT2D eigenvalue weighted by Crippen LogP contribution is 2.25. The third-order valence-corrected chi connectivity index (χ3v) is 5.10. The first kappa shape index (κ1) is 15.1. The number of likely N-dealkylation sites (tertiary alicyclic amines) is 1. The summed E-state index contributed by atoms with van der Waals surface area (Å²) in [5.74, 6) is 1.88. The number of rotatable bonds is 4. The van der Waals surface area contributed by atoms with E-state index < -0.39 is 0 Å². The second kappa shape index (κ2) is 6.95. The molecule has 0 atom stereocenters. The number of anilines is 1. The smallest absolute Gasteiger partial charge is 0.128 e. The highest BCUT2D eigenvalue weighted by Gasteiger charge is 2.23. The predicted molar refractivity (Wildman–Crippen MR) is 87.7 cm³/mol. The summed E-state index contributed by atoms with van der Waals surface area (Å²) < 4.78 is 0. The molecule has 1 aromatic rings. The van der Waals surface area contributed by atoms with Crippen LogP contribution >= 0.6 is 11.6 Å². The Morgan fingerprint density at radius 3 is 2.52 bits per heavy atom. The van der Waals surface area contributed by atoms with Crippen molar-refractivity contribution < 1.29 is 0 Å².